The third kappa shape index (κ3) is 5.09. The van der Waals surface area contributed by atoms with E-state index in [-0.39, 0.29) is 24.5 Å². The zero-order valence-electron chi connectivity index (χ0n) is 12.3. The van der Waals surface area contributed by atoms with Gasteiger partial charge in [0.15, 0.2) is 0 Å². The molecule has 21 heavy (non-hydrogen) atoms. The summed E-state index contributed by atoms with van der Waals surface area (Å²) in [6.07, 6.45) is 0. The van der Waals surface area contributed by atoms with Gasteiger partial charge >= 0.3 is 5.97 Å². The Balaban J connectivity index is 2.83. The van der Waals surface area contributed by atoms with E-state index in [1.807, 2.05) is 0 Å². The molecule has 0 aliphatic carbocycles. The van der Waals surface area contributed by atoms with Gasteiger partial charge in [0.1, 0.15) is 5.82 Å². The predicted molar refractivity (Wildman–Crippen MR) is 77.7 cm³/mol. The van der Waals surface area contributed by atoms with Gasteiger partial charge in [-0.1, -0.05) is 12.1 Å². The quantitative estimate of drug-likeness (QED) is 0.780. The van der Waals surface area contributed by atoms with Crippen molar-refractivity contribution in [2.45, 2.75) is 33.2 Å². The SMILES string of the molecule is CCOC(=O)C(C)c1ccc(CNS(=O)(=O)CC)c(F)c1. The monoisotopic (exact) mass is 317 g/mol. The number of halogens is 1. The van der Waals surface area contributed by atoms with Gasteiger partial charge in [-0.3, -0.25) is 4.79 Å². The van der Waals surface area contributed by atoms with E-state index < -0.39 is 27.7 Å². The molecule has 0 saturated heterocycles. The summed E-state index contributed by atoms with van der Waals surface area (Å²) in [4.78, 5) is 11.6. The van der Waals surface area contributed by atoms with Gasteiger partial charge in [-0.05, 0) is 32.4 Å². The van der Waals surface area contributed by atoms with Gasteiger partial charge in [0, 0.05) is 12.1 Å². The van der Waals surface area contributed by atoms with Crippen molar-refractivity contribution in [3.63, 3.8) is 0 Å². The highest BCUT2D eigenvalue weighted by Gasteiger charge is 2.18. The molecule has 7 heteroatoms. The lowest BCUT2D eigenvalue weighted by atomic mass is 9.99. The largest absolute Gasteiger partial charge is 0.466 e. The van der Waals surface area contributed by atoms with Crippen LogP contribution in [-0.2, 0) is 26.1 Å². The van der Waals surface area contributed by atoms with Crippen molar-refractivity contribution in [3.05, 3.63) is 35.1 Å². The van der Waals surface area contributed by atoms with Crippen molar-refractivity contribution in [2.75, 3.05) is 12.4 Å². The number of esters is 1. The van der Waals surface area contributed by atoms with Crippen LogP contribution in [0.2, 0.25) is 0 Å². The molecular weight excluding hydrogens is 297 g/mol. The maximum absolute atomic E-state index is 14.0. The lowest BCUT2D eigenvalue weighted by Gasteiger charge is -2.12. The van der Waals surface area contributed by atoms with Crippen molar-refractivity contribution in [1.82, 2.24) is 4.72 Å². The van der Waals surface area contributed by atoms with Gasteiger partial charge in [-0.25, -0.2) is 17.5 Å². The van der Waals surface area contributed by atoms with Crippen LogP contribution in [0.25, 0.3) is 0 Å². The Morgan fingerprint density at radius 1 is 1.38 bits per heavy atom. The maximum atomic E-state index is 14.0. The standard InChI is InChI=1S/C14H20FNO4S/c1-4-20-14(17)10(3)11-6-7-12(13(15)8-11)9-16-21(18,19)5-2/h6-8,10,16H,4-5,9H2,1-3H3. The highest BCUT2D eigenvalue weighted by Crippen LogP contribution is 2.20. The van der Waals surface area contributed by atoms with E-state index in [2.05, 4.69) is 4.72 Å². The number of carbonyl (C=O) groups is 1. The summed E-state index contributed by atoms with van der Waals surface area (Å²) >= 11 is 0. The smallest absolute Gasteiger partial charge is 0.313 e. The number of hydrogen-bond acceptors (Lipinski definition) is 4. The van der Waals surface area contributed by atoms with E-state index in [0.29, 0.717) is 5.56 Å². The van der Waals surface area contributed by atoms with Crippen molar-refractivity contribution in [2.24, 2.45) is 0 Å². The van der Waals surface area contributed by atoms with E-state index in [1.54, 1.807) is 19.9 Å². The average molecular weight is 317 g/mol. The Bertz CT molecular complexity index is 601. The molecule has 118 valence electrons. The van der Waals surface area contributed by atoms with Crippen LogP contribution in [-0.4, -0.2) is 26.7 Å². The van der Waals surface area contributed by atoms with E-state index in [1.165, 1.54) is 19.1 Å². The first-order valence-corrected chi connectivity index (χ1v) is 8.38. The van der Waals surface area contributed by atoms with Crippen LogP contribution >= 0.6 is 0 Å². The molecule has 0 radical (unpaired) electrons. The van der Waals surface area contributed by atoms with Gasteiger partial charge < -0.3 is 4.74 Å². The maximum Gasteiger partial charge on any atom is 0.313 e. The Morgan fingerprint density at radius 2 is 2.05 bits per heavy atom. The molecule has 0 heterocycles. The third-order valence-corrected chi connectivity index (χ3v) is 4.42. The molecule has 1 aromatic carbocycles. The lowest BCUT2D eigenvalue weighted by Crippen LogP contribution is -2.25. The molecule has 0 spiro atoms. The highest BCUT2D eigenvalue weighted by atomic mass is 32.2. The van der Waals surface area contributed by atoms with E-state index in [9.17, 15) is 17.6 Å². The summed E-state index contributed by atoms with van der Waals surface area (Å²) < 4.78 is 43.8. The molecule has 0 aliphatic rings. The Hall–Kier alpha value is -1.47. The fourth-order valence-corrected chi connectivity index (χ4v) is 2.25. The molecule has 1 aromatic rings. The van der Waals surface area contributed by atoms with Gasteiger partial charge in [0.25, 0.3) is 0 Å². The highest BCUT2D eigenvalue weighted by molar-refractivity contribution is 7.89. The van der Waals surface area contributed by atoms with Gasteiger partial charge in [-0.15, -0.1) is 0 Å². The number of ether oxygens (including phenoxy) is 1. The minimum Gasteiger partial charge on any atom is -0.466 e. The zero-order chi connectivity index (χ0) is 16.0. The van der Waals surface area contributed by atoms with Crippen LogP contribution in [0, 0.1) is 5.82 Å². The first-order valence-electron chi connectivity index (χ1n) is 6.73. The summed E-state index contributed by atoms with van der Waals surface area (Å²) in [5, 5.41) is 0. The topological polar surface area (TPSA) is 72.5 Å². The molecule has 0 saturated carbocycles. The average Bonchev–Trinajstić information content (AvgIpc) is 2.45. The second-order valence-corrected chi connectivity index (χ2v) is 6.64. The zero-order valence-corrected chi connectivity index (χ0v) is 13.2. The first kappa shape index (κ1) is 17.6. The summed E-state index contributed by atoms with van der Waals surface area (Å²) in [6, 6.07) is 4.30. The predicted octanol–water partition coefficient (Wildman–Crippen LogP) is 1.93. The van der Waals surface area contributed by atoms with Crippen molar-refractivity contribution in [3.8, 4) is 0 Å². The number of benzene rings is 1. The summed E-state index contributed by atoms with van der Waals surface area (Å²) in [5.41, 5.74) is 0.722. The second-order valence-electron chi connectivity index (χ2n) is 4.55. The molecule has 0 amide bonds. The summed E-state index contributed by atoms with van der Waals surface area (Å²) in [7, 11) is -3.37. The summed E-state index contributed by atoms with van der Waals surface area (Å²) in [5.74, 6) is -1.60. The molecule has 1 rings (SSSR count). The van der Waals surface area contributed by atoms with Crippen molar-refractivity contribution < 1.29 is 22.3 Å². The fraction of sp³-hybridized carbons (Fsp3) is 0.500. The van der Waals surface area contributed by atoms with E-state index >= 15 is 0 Å². The van der Waals surface area contributed by atoms with E-state index in [4.69, 9.17) is 4.74 Å². The molecule has 0 aromatic heterocycles. The normalized spacial score (nSPS) is 13.0. The molecule has 5 nitrogen and oxygen atoms in total. The van der Waals surface area contributed by atoms with Crippen LogP contribution in [0.1, 0.15) is 37.8 Å². The minimum absolute atomic E-state index is 0.0629. The van der Waals surface area contributed by atoms with Gasteiger partial charge in [0.05, 0.1) is 18.3 Å². The van der Waals surface area contributed by atoms with Crippen molar-refractivity contribution >= 4 is 16.0 Å². The second kappa shape index (κ2) is 7.51. The molecule has 0 bridgehead atoms. The molecular formula is C14H20FNO4S. The number of rotatable bonds is 7. The number of carbonyl (C=O) groups excluding carboxylic acids is 1. The van der Waals surface area contributed by atoms with Crippen molar-refractivity contribution in [1.29, 1.82) is 0 Å². The van der Waals surface area contributed by atoms with Crippen LogP contribution in [0.15, 0.2) is 18.2 Å². The van der Waals surface area contributed by atoms with Crippen LogP contribution in [0.5, 0.6) is 0 Å². The first-order chi connectivity index (χ1) is 9.80. The minimum atomic E-state index is -3.37. The fourth-order valence-electron chi connectivity index (χ4n) is 1.67. The number of nitrogens with one attached hydrogen (secondary N) is 1. The Kier molecular flexibility index (Phi) is 6.29. The molecule has 1 unspecified atom stereocenters. The number of hydrogen-bond donors (Lipinski definition) is 1. The Morgan fingerprint density at radius 3 is 2.57 bits per heavy atom. The van der Waals surface area contributed by atoms with Crippen LogP contribution in [0.4, 0.5) is 4.39 Å². The third-order valence-electron chi connectivity index (χ3n) is 3.08. The molecule has 1 atom stereocenters. The molecule has 1 N–H and O–H groups in total. The Labute approximate surface area is 124 Å². The van der Waals surface area contributed by atoms with Gasteiger partial charge in [-0.2, -0.15) is 0 Å². The van der Waals surface area contributed by atoms with Crippen LogP contribution < -0.4 is 4.72 Å². The number of sulfonamides is 1. The molecule has 0 aliphatic heterocycles. The lowest BCUT2D eigenvalue weighted by molar-refractivity contribution is -0.144. The van der Waals surface area contributed by atoms with Gasteiger partial charge in [0.2, 0.25) is 10.0 Å². The van der Waals surface area contributed by atoms with E-state index in [0.717, 1.165) is 0 Å². The van der Waals surface area contributed by atoms with Crippen LogP contribution in [0.3, 0.4) is 0 Å². The summed E-state index contributed by atoms with van der Waals surface area (Å²) in [6.45, 7) is 4.99. The molecule has 0 fully saturated rings.